The van der Waals surface area contributed by atoms with Gasteiger partial charge in [0.15, 0.2) is 0 Å². The van der Waals surface area contributed by atoms with Crippen LogP contribution in [0.2, 0.25) is 0 Å². The van der Waals surface area contributed by atoms with Gasteiger partial charge in [0, 0.05) is 36.3 Å². The predicted molar refractivity (Wildman–Crippen MR) is 203 cm³/mol. The number of nitrogens with one attached hydrogen (secondary N) is 2. The molecule has 0 aliphatic rings. The van der Waals surface area contributed by atoms with Crippen LogP contribution in [0, 0.1) is 0 Å². The molecular formula is C37H36F3N11O7. The lowest BCUT2D eigenvalue weighted by Gasteiger charge is -2.16. The quantitative estimate of drug-likeness (QED) is 0.0780. The smallest absolute Gasteiger partial charge is 0.420 e. The number of nitrogens with two attached hydrogens (primary N) is 1. The van der Waals surface area contributed by atoms with Crippen molar-refractivity contribution < 1.29 is 45.7 Å². The van der Waals surface area contributed by atoms with E-state index in [-0.39, 0.29) is 51.3 Å². The van der Waals surface area contributed by atoms with Crippen LogP contribution in [0.3, 0.4) is 0 Å². The Hall–Kier alpha value is -7.68. The Balaban J connectivity index is 0.000000298. The van der Waals surface area contributed by atoms with Crippen molar-refractivity contribution in [2.45, 2.75) is 21.0 Å². The Bertz CT molecular complexity index is 2320. The van der Waals surface area contributed by atoms with Crippen LogP contribution in [0.4, 0.5) is 35.0 Å². The lowest BCUT2D eigenvalue weighted by atomic mass is 10.1. The van der Waals surface area contributed by atoms with Crippen molar-refractivity contribution >= 4 is 23.1 Å². The number of rotatable bonds is 12. The van der Waals surface area contributed by atoms with Crippen molar-refractivity contribution in [1.82, 2.24) is 40.3 Å². The highest BCUT2D eigenvalue weighted by Gasteiger charge is 2.35. The van der Waals surface area contributed by atoms with Crippen molar-refractivity contribution in [3.63, 3.8) is 0 Å². The molecule has 0 radical (unpaired) electrons. The fourth-order valence-corrected chi connectivity index (χ4v) is 4.46. The summed E-state index contributed by atoms with van der Waals surface area (Å²) in [5.41, 5.74) is 6.43. The summed E-state index contributed by atoms with van der Waals surface area (Å²) in [5, 5.41) is 19.6. The number of carbonyl (C=O) groups is 1. The van der Waals surface area contributed by atoms with Crippen molar-refractivity contribution in [1.29, 1.82) is 0 Å². The molecule has 302 valence electrons. The Kier molecular flexibility index (Phi) is 15.1. The maximum absolute atomic E-state index is 13.4. The zero-order valence-corrected chi connectivity index (χ0v) is 28.9. The number of aromatic nitrogens is 8. The second kappa shape index (κ2) is 20.3. The number of amides is 2. The summed E-state index contributed by atoms with van der Waals surface area (Å²) in [6.07, 6.45) is 0.368. The summed E-state index contributed by atoms with van der Waals surface area (Å²) in [6, 6.07) is 18.8. The normalized spacial score (nSPS) is 10.5. The largest absolute Gasteiger partial charge is 0.491 e. The number of ether oxygens (including phenoxy) is 4. The third kappa shape index (κ3) is 12.2. The minimum absolute atomic E-state index is 0. The van der Waals surface area contributed by atoms with Crippen LogP contribution in [0.25, 0.3) is 23.2 Å². The van der Waals surface area contributed by atoms with Crippen LogP contribution in [-0.4, -0.2) is 66.7 Å². The van der Waals surface area contributed by atoms with E-state index >= 15 is 0 Å². The van der Waals surface area contributed by atoms with Gasteiger partial charge in [-0.05, 0) is 66.7 Å². The van der Waals surface area contributed by atoms with Crippen LogP contribution >= 0.6 is 0 Å². The molecule has 7 aromatic rings. The number of nitrogens with zero attached hydrogens (tertiary/aromatic N) is 8. The van der Waals surface area contributed by atoms with Crippen molar-refractivity contribution in [3.8, 4) is 52.2 Å². The second-order valence-corrected chi connectivity index (χ2v) is 10.9. The van der Waals surface area contributed by atoms with Gasteiger partial charge in [-0.3, -0.25) is 0 Å². The summed E-state index contributed by atoms with van der Waals surface area (Å²) in [5.74, 6) is 1.78. The highest BCUT2D eigenvalue weighted by molar-refractivity contribution is 5.99. The molecule has 0 aliphatic carbocycles. The first kappa shape index (κ1) is 43.1. The van der Waals surface area contributed by atoms with Gasteiger partial charge in [0.05, 0.1) is 12.2 Å². The third-order valence-corrected chi connectivity index (χ3v) is 6.97. The van der Waals surface area contributed by atoms with E-state index in [2.05, 4.69) is 51.0 Å². The van der Waals surface area contributed by atoms with Gasteiger partial charge in [-0.25, -0.2) is 24.7 Å². The summed E-state index contributed by atoms with van der Waals surface area (Å²) < 4.78 is 71.6. The number of hydrogen-bond donors (Lipinski definition) is 3. The maximum atomic E-state index is 13.4. The number of urea groups is 1. The molecule has 21 heteroatoms. The zero-order chi connectivity index (χ0) is 39.3. The Morgan fingerprint density at radius 1 is 0.707 bits per heavy atom. The second-order valence-electron chi connectivity index (χ2n) is 10.9. The van der Waals surface area contributed by atoms with Crippen LogP contribution in [0.1, 0.15) is 20.4 Å². The maximum Gasteiger partial charge on any atom is 0.420 e. The molecule has 18 nitrogen and oxygen atoms in total. The molecule has 0 fully saturated rings. The van der Waals surface area contributed by atoms with Crippen LogP contribution in [-0.2, 0) is 10.9 Å². The molecule has 58 heavy (non-hydrogen) atoms. The Morgan fingerprint density at radius 3 is 1.72 bits per heavy atom. The number of methoxy groups -OCH3 is 1. The lowest BCUT2D eigenvalue weighted by molar-refractivity contribution is -0.139. The first-order valence-electron chi connectivity index (χ1n) is 16.0. The molecule has 4 N–H and O–H groups in total. The molecule has 0 unspecified atom stereocenters. The molecule has 0 saturated carbocycles. The highest BCUT2D eigenvalue weighted by atomic mass is 19.4. The number of anilines is 3. The number of carbonyl (C=O) groups excluding carboxylic acids is 1. The minimum atomic E-state index is -4.68. The van der Waals surface area contributed by atoms with E-state index in [1.54, 1.807) is 54.6 Å². The molecule has 2 amide bonds. The number of benzene rings is 3. The molecule has 3 aromatic carbocycles. The minimum Gasteiger partial charge on any atom is -0.491 e. The van der Waals surface area contributed by atoms with Gasteiger partial charge in [0.2, 0.25) is 24.5 Å². The number of hydrogen-bond acceptors (Lipinski definition) is 16. The van der Waals surface area contributed by atoms with Gasteiger partial charge < -0.3 is 44.1 Å². The number of nitrogen functional groups attached to an aromatic ring is 1. The van der Waals surface area contributed by atoms with Crippen molar-refractivity contribution in [2.24, 2.45) is 0 Å². The van der Waals surface area contributed by atoms with Gasteiger partial charge in [-0.1, -0.05) is 14.9 Å². The number of alkyl halides is 3. The Labute approximate surface area is 328 Å². The highest BCUT2D eigenvalue weighted by Crippen LogP contribution is 2.38. The van der Waals surface area contributed by atoms with E-state index in [0.29, 0.717) is 46.0 Å². The fourth-order valence-electron chi connectivity index (χ4n) is 4.46. The van der Waals surface area contributed by atoms with E-state index in [9.17, 15) is 18.0 Å². The standard InChI is InChI=1S/C23H19F3N6O5.C12H9N5O2.2CH4/c1-34-8-9-35-19-7-4-15(10-17(19)23(24,25)26)31-22(33)30-14-2-5-16(6-3-14)37-20-11-18(27-12-28-20)21-32-29-13-36-21;13-8-1-3-9(4-2-8)19-11-5-10(14-6-15-11)12-17-16-7-18-12;;/h2-7,10-13H,8-9H2,1H3,(H2,30,31,33);1-7H,13H2;2*1H4. The van der Waals surface area contributed by atoms with Gasteiger partial charge in [0.25, 0.3) is 11.8 Å². The summed E-state index contributed by atoms with van der Waals surface area (Å²) in [6.45, 7) is 0.0768. The average molecular weight is 804 g/mol. The monoisotopic (exact) mass is 803 g/mol. The molecule has 4 aromatic heterocycles. The third-order valence-electron chi connectivity index (χ3n) is 6.97. The summed E-state index contributed by atoms with van der Waals surface area (Å²) in [4.78, 5) is 28.4. The van der Waals surface area contributed by atoms with Crippen molar-refractivity contribution in [2.75, 3.05) is 36.7 Å². The molecule has 0 aliphatic heterocycles. The fraction of sp³-hybridized carbons (Fsp3) is 0.162. The predicted octanol–water partition coefficient (Wildman–Crippen LogP) is 8.18. The van der Waals surface area contributed by atoms with E-state index < -0.39 is 17.8 Å². The van der Waals surface area contributed by atoms with Gasteiger partial charge >= 0.3 is 12.2 Å². The summed E-state index contributed by atoms with van der Waals surface area (Å²) >= 11 is 0. The van der Waals surface area contributed by atoms with E-state index in [0.717, 1.165) is 12.1 Å². The molecular weight excluding hydrogens is 767 g/mol. The van der Waals surface area contributed by atoms with Crippen LogP contribution in [0.5, 0.6) is 29.0 Å². The average Bonchev–Trinajstić information content (AvgIpc) is 3.94. The first-order valence-corrected chi connectivity index (χ1v) is 16.0. The van der Waals surface area contributed by atoms with E-state index in [1.165, 1.54) is 44.7 Å². The van der Waals surface area contributed by atoms with E-state index in [1.807, 2.05) is 0 Å². The lowest BCUT2D eigenvalue weighted by Crippen LogP contribution is -2.20. The zero-order valence-electron chi connectivity index (χ0n) is 28.9. The molecule has 0 spiro atoms. The summed E-state index contributed by atoms with van der Waals surface area (Å²) in [7, 11) is 1.41. The molecule has 0 atom stereocenters. The molecule has 4 heterocycles. The molecule has 0 bridgehead atoms. The molecule has 7 rings (SSSR count). The molecule has 0 saturated heterocycles. The van der Waals surface area contributed by atoms with Crippen molar-refractivity contribution in [3.05, 3.63) is 110 Å². The van der Waals surface area contributed by atoms with E-state index in [4.69, 9.17) is 33.5 Å². The van der Waals surface area contributed by atoms with Gasteiger partial charge in [-0.2, -0.15) is 13.2 Å². The van der Waals surface area contributed by atoms with Gasteiger partial charge in [0.1, 0.15) is 47.9 Å². The first-order chi connectivity index (χ1) is 27.1. The van der Waals surface area contributed by atoms with Gasteiger partial charge in [-0.15, -0.1) is 20.4 Å². The topological polar surface area (TPSA) is 233 Å². The number of halogens is 3. The van der Waals surface area contributed by atoms with Crippen LogP contribution in [0.15, 0.2) is 113 Å². The Morgan fingerprint density at radius 2 is 1.22 bits per heavy atom. The SMILES string of the molecule is C.C.COCCOc1ccc(NC(=O)Nc2ccc(Oc3cc(-c4nnco4)ncn3)cc2)cc1C(F)(F)F.Nc1ccc(Oc2cc(-c3nnco3)ncn2)cc1. The van der Waals surface area contributed by atoms with Crippen LogP contribution < -0.4 is 30.6 Å².